The molecule has 0 amide bonds. The van der Waals surface area contributed by atoms with E-state index in [4.69, 9.17) is 9.84 Å². The summed E-state index contributed by atoms with van der Waals surface area (Å²) in [6.07, 6.45) is 7.65. The highest BCUT2D eigenvalue weighted by Gasteiger charge is 1.91. The quantitative estimate of drug-likeness (QED) is 0.501. The largest absolute Gasteiger partial charge is 0.395 e. The summed E-state index contributed by atoms with van der Waals surface area (Å²) in [4.78, 5) is 0. The van der Waals surface area contributed by atoms with Gasteiger partial charge in [-0.2, -0.15) is 0 Å². The first-order valence-corrected chi connectivity index (χ1v) is 5.72. The minimum absolute atomic E-state index is 0.247. The van der Waals surface area contributed by atoms with Gasteiger partial charge in [0.15, 0.2) is 0 Å². The van der Waals surface area contributed by atoms with Gasteiger partial charge < -0.3 is 15.2 Å². The molecule has 0 aromatic carbocycles. The Morgan fingerprint density at radius 2 is 1.57 bits per heavy atom. The van der Waals surface area contributed by atoms with E-state index in [0.29, 0.717) is 0 Å². The lowest BCUT2D eigenvalue weighted by Crippen LogP contribution is -2.19. The van der Waals surface area contributed by atoms with E-state index in [1.54, 1.807) is 7.11 Å². The summed E-state index contributed by atoms with van der Waals surface area (Å²) in [6.45, 7) is 2.92. The summed E-state index contributed by atoms with van der Waals surface area (Å²) in [6, 6.07) is 0. The van der Waals surface area contributed by atoms with E-state index in [9.17, 15) is 0 Å². The van der Waals surface area contributed by atoms with Crippen molar-refractivity contribution in [2.45, 2.75) is 38.5 Å². The second kappa shape index (κ2) is 12.9. The molecule has 0 heterocycles. The highest BCUT2D eigenvalue weighted by molar-refractivity contribution is 4.49. The molecule has 3 nitrogen and oxygen atoms in total. The maximum atomic E-state index is 8.52. The standard InChI is InChI=1S/C11H25NO2/c1-14-11-7-5-3-2-4-6-8-12-9-10-13/h12-13H,2-11H2,1H3. The third-order valence-electron chi connectivity index (χ3n) is 2.24. The van der Waals surface area contributed by atoms with Gasteiger partial charge in [0.1, 0.15) is 0 Å². The number of rotatable bonds is 11. The van der Waals surface area contributed by atoms with Crippen molar-refractivity contribution in [3.63, 3.8) is 0 Å². The molecule has 0 spiro atoms. The van der Waals surface area contributed by atoms with Crippen molar-refractivity contribution < 1.29 is 9.84 Å². The van der Waals surface area contributed by atoms with Crippen LogP contribution in [0.15, 0.2) is 0 Å². The molecule has 0 saturated heterocycles. The van der Waals surface area contributed by atoms with Gasteiger partial charge in [0.05, 0.1) is 6.61 Å². The normalized spacial score (nSPS) is 10.7. The number of nitrogens with one attached hydrogen (secondary N) is 1. The monoisotopic (exact) mass is 203 g/mol. The second-order valence-corrected chi connectivity index (χ2v) is 3.59. The number of aliphatic hydroxyl groups excluding tert-OH is 1. The van der Waals surface area contributed by atoms with Crippen molar-refractivity contribution in [3.05, 3.63) is 0 Å². The first-order valence-electron chi connectivity index (χ1n) is 5.72. The molecule has 86 valence electrons. The van der Waals surface area contributed by atoms with Crippen LogP contribution in [0.3, 0.4) is 0 Å². The van der Waals surface area contributed by atoms with Gasteiger partial charge in [0.2, 0.25) is 0 Å². The predicted molar refractivity (Wildman–Crippen MR) is 59.5 cm³/mol. The summed E-state index contributed by atoms with van der Waals surface area (Å²) in [5.41, 5.74) is 0. The molecule has 0 aromatic rings. The van der Waals surface area contributed by atoms with Gasteiger partial charge in [-0.05, 0) is 19.4 Å². The number of aliphatic hydroxyl groups is 1. The fourth-order valence-electron chi connectivity index (χ4n) is 1.41. The van der Waals surface area contributed by atoms with Crippen LogP contribution in [-0.2, 0) is 4.74 Å². The Bertz CT molecular complexity index is 87.3. The molecule has 0 bridgehead atoms. The van der Waals surface area contributed by atoms with Gasteiger partial charge >= 0.3 is 0 Å². The smallest absolute Gasteiger partial charge is 0.0555 e. The Hall–Kier alpha value is -0.120. The minimum atomic E-state index is 0.247. The third-order valence-corrected chi connectivity index (χ3v) is 2.24. The molecular formula is C11H25NO2. The van der Waals surface area contributed by atoms with Gasteiger partial charge in [-0.3, -0.25) is 0 Å². The molecule has 0 atom stereocenters. The molecule has 0 unspecified atom stereocenters. The van der Waals surface area contributed by atoms with Crippen LogP contribution in [0.4, 0.5) is 0 Å². The summed E-state index contributed by atoms with van der Waals surface area (Å²) in [7, 11) is 1.76. The van der Waals surface area contributed by atoms with Crippen molar-refractivity contribution >= 4 is 0 Å². The van der Waals surface area contributed by atoms with Crippen LogP contribution < -0.4 is 5.32 Å². The van der Waals surface area contributed by atoms with Crippen LogP contribution >= 0.6 is 0 Å². The van der Waals surface area contributed by atoms with E-state index >= 15 is 0 Å². The summed E-state index contributed by atoms with van der Waals surface area (Å²) < 4.78 is 4.98. The zero-order valence-electron chi connectivity index (χ0n) is 9.43. The lowest BCUT2D eigenvalue weighted by molar-refractivity contribution is 0.192. The summed E-state index contributed by atoms with van der Waals surface area (Å²) in [5, 5.41) is 11.7. The molecule has 3 heteroatoms. The van der Waals surface area contributed by atoms with Crippen LogP contribution in [0.5, 0.6) is 0 Å². The average molecular weight is 203 g/mol. The van der Waals surface area contributed by atoms with Gasteiger partial charge in [0, 0.05) is 20.3 Å². The van der Waals surface area contributed by atoms with E-state index in [0.717, 1.165) is 19.7 Å². The van der Waals surface area contributed by atoms with Crippen LogP contribution in [0, 0.1) is 0 Å². The van der Waals surface area contributed by atoms with Crippen LogP contribution in [0.1, 0.15) is 38.5 Å². The van der Waals surface area contributed by atoms with Gasteiger partial charge in [0.25, 0.3) is 0 Å². The molecular weight excluding hydrogens is 178 g/mol. The van der Waals surface area contributed by atoms with E-state index in [1.807, 2.05) is 0 Å². The minimum Gasteiger partial charge on any atom is -0.395 e. The molecule has 14 heavy (non-hydrogen) atoms. The lowest BCUT2D eigenvalue weighted by atomic mass is 10.1. The lowest BCUT2D eigenvalue weighted by Gasteiger charge is -2.02. The predicted octanol–water partition coefficient (Wildman–Crippen LogP) is 1.56. The van der Waals surface area contributed by atoms with Gasteiger partial charge in [-0.25, -0.2) is 0 Å². The maximum absolute atomic E-state index is 8.52. The molecule has 0 aliphatic carbocycles. The molecule has 0 aliphatic rings. The van der Waals surface area contributed by atoms with E-state index in [-0.39, 0.29) is 6.61 Å². The molecule has 0 aromatic heterocycles. The van der Waals surface area contributed by atoms with Crippen molar-refractivity contribution in [3.8, 4) is 0 Å². The Morgan fingerprint density at radius 1 is 0.929 bits per heavy atom. The number of unbranched alkanes of at least 4 members (excludes halogenated alkanes) is 5. The number of ether oxygens (including phenoxy) is 1. The fraction of sp³-hybridized carbons (Fsp3) is 1.00. The Kier molecular flexibility index (Phi) is 12.8. The number of methoxy groups -OCH3 is 1. The zero-order valence-corrected chi connectivity index (χ0v) is 9.43. The first-order chi connectivity index (χ1) is 6.91. The SMILES string of the molecule is COCCCCCCCCNCCO. The highest BCUT2D eigenvalue weighted by atomic mass is 16.5. The van der Waals surface area contributed by atoms with E-state index in [1.165, 1.54) is 38.5 Å². The Labute approximate surface area is 87.8 Å². The molecule has 0 fully saturated rings. The van der Waals surface area contributed by atoms with E-state index < -0.39 is 0 Å². The Balaban J connectivity index is 2.78. The van der Waals surface area contributed by atoms with Crippen molar-refractivity contribution in [1.82, 2.24) is 5.32 Å². The van der Waals surface area contributed by atoms with Crippen LogP contribution in [-0.4, -0.2) is 38.5 Å². The second-order valence-electron chi connectivity index (χ2n) is 3.59. The summed E-state index contributed by atoms with van der Waals surface area (Å²) >= 11 is 0. The summed E-state index contributed by atoms with van der Waals surface area (Å²) in [5.74, 6) is 0. The maximum Gasteiger partial charge on any atom is 0.0555 e. The molecule has 0 rings (SSSR count). The Morgan fingerprint density at radius 3 is 2.21 bits per heavy atom. The van der Waals surface area contributed by atoms with Crippen molar-refractivity contribution in [1.29, 1.82) is 0 Å². The van der Waals surface area contributed by atoms with Crippen molar-refractivity contribution in [2.75, 3.05) is 33.4 Å². The number of hydrogen-bond acceptors (Lipinski definition) is 3. The van der Waals surface area contributed by atoms with Gasteiger partial charge in [-0.15, -0.1) is 0 Å². The molecule has 2 N–H and O–H groups in total. The average Bonchev–Trinajstić information content (AvgIpc) is 2.21. The molecule has 0 radical (unpaired) electrons. The molecule has 0 aliphatic heterocycles. The van der Waals surface area contributed by atoms with Gasteiger partial charge in [-0.1, -0.05) is 25.7 Å². The fourth-order valence-corrected chi connectivity index (χ4v) is 1.41. The van der Waals surface area contributed by atoms with Crippen molar-refractivity contribution in [2.24, 2.45) is 0 Å². The van der Waals surface area contributed by atoms with Crippen LogP contribution in [0.2, 0.25) is 0 Å². The number of hydrogen-bond donors (Lipinski definition) is 2. The highest BCUT2D eigenvalue weighted by Crippen LogP contribution is 2.04. The first kappa shape index (κ1) is 13.9. The zero-order chi connectivity index (χ0) is 10.5. The third kappa shape index (κ3) is 11.9. The molecule has 0 saturated carbocycles. The topological polar surface area (TPSA) is 41.5 Å². The van der Waals surface area contributed by atoms with Crippen LogP contribution in [0.25, 0.3) is 0 Å². The van der Waals surface area contributed by atoms with E-state index in [2.05, 4.69) is 5.32 Å².